The van der Waals surface area contributed by atoms with Crippen LogP contribution in [0.2, 0.25) is 0 Å². The SMILES string of the molecule is CC(C)(c1ccc(OCC(O)CCl)cc1)c1ccc(OCC2CO2)cc1.CC(C)(c1ccc(OCC2CO2)cc1)c1ccc(OCC2CO2)cc1. The first kappa shape index (κ1) is 37.0. The van der Waals surface area contributed by atoms with Gasteiger partial charge in [-0.2, -0.15) is 0 Å². The number of aliphatic hydroxyl groups excluding tert-OH is 1. The minimum absolute atomic E-state index is 0.0870. The van der Waals surface area contributed by atoms with Crippen molar-refractivity contribution in [3.8, 4) is 23.0 Å². The van der Waals surface area contributed by atoms with Crippen molar-refractivity contribution in [3.63, 3.8) is 0 Å². The molecule has 0 amide bonds. The summed E-state index contributed by atoms with van der Waals surface area (Å²) in [5.41, 5.74) is 4.66. The minimum Gasteiger partial charge on any atom is -0.491 e. The van der Waals surface area contributed by atoms with Crippen LogP contribution in [0.4, 0.5) is 0 Å². The third-order valence-corrected chi connectivity index (χ3v) is 9.80. The van der Waals surface area contributed by atoms with Gasteiger partial charge in [-0.25, -0.2) is 0 Å². The normalized spacial score (nSPS) is 19.6. The number of alkyl halides is 1. The average molecular weight is 717 g/mol. The quantitative estimate of drug-likeness (QED) is 0.0897. The number of benzene rings is 4. The molecular formula is C42H49ClO8. The van der Waals surface area contributed by atoms with Crippen LogP contribution in [-0.4, -0.2) is 81.7 Å². The Bertz CT molecular complexity index is 1580. The summed E-state index contributed by atoms with van der Waals surface area (Å²) in [6.07, 6.45) is 0.170. The molecule has 4 aromatic carbocycles. The van der Waals surface area contributed by atoms with Crippen LogP contribution in [0, 0.1) is 0 Å². The Hall–Kier alpha value is -3.79. The monoisotopic (exact) mass is 716 g/mol. The summed E-state index contributed by atoms with van der Waals surface area (Å²) in [5, 5.41) is 9.47. The van der Waals surface area contributed by atoms with Crippen molar-refractivity contribution in [2.45, 2.75) is 62.9 Å². The van der Waals surface area contributed by atoms with Crippen molar-refractivity contribution < 1.29 is 38.3 Å². The van der Waals surface area contributed by atoms with E-state index >= 15 is 0 Å². The third-order valence-electron chi connectivity index (χ3n) is 9.44. The number of aliphatic hydroxyl groups is 1. The molecule has 4 aromatic rings. The predicted octanol–water partition coefficient (Wildman–Crippen LogP) is 7.34. The summed E-state index contributed by atoms with van der Waals surface area (Å²) in [5.74, 6) is 3.53. The fourth-order valence-electron chi connectivity index (χ4n) is 5.50. The molecule has 4 atom stereocenters. The van der Waals surface area contributed by atoms with Crippen molar-refractivity contribution in [2.24, 2.45) is 0 Å². The molecule has 0 radical (unpaired) electrons. The highest BCUT2D eigenvalue weighted by Crippen LogP contribution is 2.35. The Kier molecular flexibility index (Phi) is 12.1. The van der Waals surface area contributed by atoms with Crippen molar-refractivity contribution in [2.75, 3.05) is 52.1 Å². The van der Waals surface area contributed by atoms with E-state index in [1.54, 1.807) is 0 Å². The zero-order valence-corrected chi connectivity index (χ0v) is 30.6. The van der Waals surface area contributed by atoms with Crippen molar-refractivity contribution in [1.29, 1.82) is 0 Å². The Balaban J connectivity index is 0.000000176. The molecule has 3 aliphatic rings. The van der Waals surface area contributed by atoms with Gasteiger partial charge in [0, 0.05) is 10.8 Å². The van der Waals surface area contributed by atoms with E-state index in [1.165, 1.54) is 22.3 Å². The van der Waals surface area contributed by atoms with Gasteiger partial charge in [0.25, 0.3) is 0 Å². The highest BCUT2D eigenvalue weighted by atomic mass is 35.5. The Morgan fingerprint density at radius 3 is 1.02 bits per heavy atom. The van der Waals surface area contributed by atoms with Gasteiger partial charge in [-0.05, 0) is 70.8 Å². The number of hydrogen-bond donors (Lipinski definition) is 1. The molecular weight excluding hydrogens is 668 g/mol. The van der Waals surface area contributed by atoms with Crippen molar-refractivity contribution in [3.05, 3.63) is 119 Å². The second kappa shape index (κ2) is 16.7. The summed E-state index contributed by atoms with van der Waals surface area (Å²) < 4.78 is 38.2. The van der Waals surface area contributed by atoms with Crippen LogP contribution >= 0.6 is 11.6 Å². The van der Waals surface area contributed by atoms with Crippen LogP contribution in [0.25, 0.3) is 0 Å². The maximum Gasteiger partial charge on any atom is 0.119 e. The molecule has 0 bridgehead atoms. The summed E-state index contributed by atoms with van der Waals surface area (Å²) in [6.45, 7) is 13.4. The van der Waals surface area contributed by atoms with Gasteiger partial charge >= 0.3 is 0 Å². The van der Waals surface area contributed by atoms with Crippen molar-refractivity contribution in [1.82, 2.24) is 0 Å². The zero-order valence-electron chi connectivity index (χ0n) is 29.9. The van der Waals surface area contributed by atoms with Gasteiger partial charge in [0.1, 0.15) is 73.8 Å². The summed E-state index contributed by atoms with van der Waals surface area (Å²) in [6, 6.07) is 32.8. The summed E-state index contributed by atoms with van der Waals surface area (Å²) in [7, 11) is 0. The van der Waals surface area contributed by atoms with E-state index in [4.69, 9.17) is 44.8 Å². The molecule has 0 aliphatic carbocycles. The van der Waals surface area contributed by atoms with E-state index in [0.29, 0.717) is 19.8 Å². The Morgan fingerprint density at radius 2 is 0.784 bits per heavy atom. The smallest absolute Gasteiger partial charge is 0.119 e. The summed E-state index contributed by atoms with van der Waals surface area (Å²) >= 11 is 5.58. The maximum atomic E-state index is 9.47. The predicted molar refractivity (Wildman–Crippen MR) is 198 cm³/mol. The molecule has 3 saturated heterocycles. The molecule has 272 valence electrons. The Labute approximate surface area is 306 Å². The fourth-order valence-corrected chi connectivity index (χ4v) is 5.59. The number of hydrogen-bond acceptors (Lipinski definition) is 8. The van der Waals surface area contributed by atoms with Gasteiger partial charge in [-0.15, -0.1) is 11.6 Å². The van der Waals surface area contributed by atoms with Gasteiger partial charge in [-0.1, -0.05) is 76.2 Å². The molecule has 0 saturated carbocycles. The second-order valence-corrected chi connectivity index (χ2v) is 14.6. The molecule has 8 nitrogen and oxygen atoms in total. The molecule has 9 heteroatoms. The average Bonchev–Trinajstić information content (AvgIpc) is 4.00. The van der Waals surface area contributed by atoms with E-state index in [0.717, 1.165) is 42.8 Å². The zero-order chi connectivity index (χ0) is 35.8. The molecule has 0 aromatic heterocycles. The molecule has 3 aliphatic heterocycles. The van der Waals surface area contributed by atoms with E-state index < -0.39 is 6.10 Å². The lowest BCUT2D eigenvalue weighted by atomic mass is 9.78. The first-order valence-corrected chi connectivity index (χ1v) is 18.2. The van der Waals surface area contributed by atoms with E-state index in [2.05, 4.69) is 76.2 Å². The molecule has 4 unspecified atom stereocenters. The van der Waals surface area contributed by atoms with Gasteiger partial charge < -0.3 is 38.3 Å². The highest BCUT2D eigenvalue weighted by molar-refractivity contribution is 6.18. The first-order valence-electron chi connectivity index (χ1n) is 17.6. The molecule has 7 rings (SSSR count). The topological polar surface area (TPSA) is 94.7 Å². The lowest BCUT2D eigenvalue weighted by Gasteiger charge is -2.26. The third kappa shape index (κ3) is 10.9. The molecule has 0 spiro atoms. The molecule has 1 N–H and O–H groups in total. The summed E-state index contributed by atoms with van der Waals surface area (Å²) in [4.78, 5) is 0. The van der Waals surface area contributed by atoms with Gasteiger partial charge in [0.2, 0.25) is 0 Å². The van der Waals surface area contributed by atoms with Crippen LogP contribution in [0.15, 0.2) is 97.1 Å². The number of rotatable bonds is 17. The standard InChI is InChI=1S/C21H25ClO4.C21H24O4/c1-21(2,15-3-7-18(8-4-15)24-12-17(23)11-22)16-5-9-19(10-6-16)25-13-20-14-26-20;1-21(2,15-3-7-17(8-4-15)22-11-19-13-24-19)16-5-9-18(10-6-16)23-12-20-14-25-20/h3-10,17,20,23H,11-14H2,1-2H3;3-10,19-20H,11-14H2,1-2H3. The maximum absolute atomic E-state index is 9.47. The van der Waals surface area contributed by atoms with E-state index in [-0.39, 0.29) is 41.6 Å². The first-order chi connectivity index (χ1) is 24.6. The molecule has 3 heterocycles. The largest absolute Gasteiger partial charge is 0.491 e. The fraction of sp³-hybridized carbons (Fsp3) is 0.429. The number of epoxide rings is 3. The van der Waals surface area contributed by atoms with Crippen LogP contribution < -0.4 is 18.9 Å². The van der Waals surface area contributed by atoms with Crippen LogP contribution in [0.1, 0.15) is 49.9 Å². The number of halogens is 1. The Morgan fingerprint density at radius 1 is 0.529 bits per heavy atom. The van der Waals surface area contributed by atoms with Crippen molar-refractivity contribution >= 4 is 11.6 Å². The lowest BCUT2D eigenvalue weighted by Crippen LogP contribution is -2.20. The van der Waals surface area contributed by atoms with Crippen LogP contribution in [0.3, 0.4) is 0 Å². The number of ether oxygens (including phenoxy) is 7. The lowest BCUT2D eigenvalue weighted by molar-refractivity contribution is 0.125. The van der Waals surface area contributed by atoms with Crippen LogP contribution in [0.5, 0.6) is 23.0 Å². The van der Waals surface area contributed by atoms with Gasteiger partial charge in [0.05, 0.1) is 25.7 Å². The van der Waals surface area contributed by atoms with Gasteiger partial charge in [0.15, 0.2) is 0 Å². The van der Waals surface area contributed by atoms with E-state index in [1.807, 2.05) is 48.5 Å². The molecule has 51 heavy (non-hydrogen) atoms. The van der Waals surface area contributed by atoms with E-state index in [9.17, 15) is 5.11 Å². The second-order valence-electron chi connectivity index (χ2n) is 14.3. The minimum atomic E-state index is -0.653. The van der Waals surface area contributed by atoms with Crippen LogP contribution in [-0.2, 0) is 25.0 Å². The highest BCUT2D eigenvalue weighted by Gasteiger charge is 2.27. The van der Waals surface area contributed by atoms with Gasteiger partial charge in [-0.3, -0.25) is 0 Å². The molecule has 3 fully saturated rings.